The molecular formula is C34H28N10. The lowest BCUT2D eigenvalue weighted by Gasteiger charge is -2.15. The van der Waals surface area contributed by atoms with Gasteiger partial charge in [0.25, 0.3) is 0 Å². The summed E-state index contributed by atoms with van der Waals surface area (Å²) < 4.78 is 0. The van der Waals surface area contributed by atoms with E-state index in [1.165, 1.54) is 0 Å². The fraction of sp³-hybridized carbons (Fsp3) is 0.0588. The van der Waals surface area contributed by atoms with Crippen molar-refractivity contribution in [3.63, 3.8) is 0 Å². The normalized spacial score (nSPS) is 11.2. The van der Waals surface area contributed by atoms with Crippen molar-refractivity contribution in [1.82, 2.24) is 29.9 Å². The van der Waals surface area contributed by atoms with E-state index in [9.17, 15) is 0 Å². The molecule has 5 heterocycles. The van der Waals surface area contributed by atoms with Crippen molar-refractivity contribution in [1.29, 1.82) is 0 Å². The minimum atomic E-state index is 0.568. The van der Waals surface area contributed by atoms with Crippen LogP contribution in [0.5, 0.6) is 0 Å². The lowest BCUT2D eigenvalue weighted by molar-refractivity contribution is 0.969. The van der Waals surface area contributed by atoms with Crippen LogP contribution < -0.4 is 10.0 Å². The highest BCUT2D eigenvalue weighted by atomic mass is 15.5. The summed E-state index contributed by atoms with van der Waals surface area (Å²) in [6, 6.07) is 34.6. The van der Waals surface area contributed by atoms with Crippen molar-refractivity contribution < 1.29 is 0 Å². The third kappa shape index (κ3) is 6.82. The first-order chi connectivity index (χ1) is 21.6. The third-order valence-corrected chi connectivity index (χ3v) is 6.51. The first-order valence-electron chi connectivity index (χ1n) is 13.9. The largest absolute Gasteiger partial charge is 0.255 e. The summed E-state index contributed by atoms with van der Waals surface area (Å²) in [7, 11) is 3.67. The van der Waals surface area contributed by atoms with Crippen molar-refractivity contribution in [2.24, 2.45) is 10.2 Å². The van der Waals surface area contributed by atoms with Gasteiger partial charge in [-0.05, 0) is 48.5 Å². The van der Waals surface area contributed by atoms with Gasteiger partial charge in [0.15, 0.2) is 11.6 Å². The number of rotatable bonds is 9. The zero-order valence-corrected chi connectivity index (χ0v) is 24.2. The number of nitrogens with zero attached hydrogens (tertiary/aromatic N) is 10. The summed E-state index contributed by atoms with van der Waals surface area (Å²) in [5, 5.41) is 12.5. The number of hydrazone groups is 2. The summed E-state index contributed by atoms with van der Waals surface area (Å²) in [5.41, 5.74) is 5.17. The van der Waals surface area contributed by atoms with Crippen LogP contribution in [0.1, 0.15) is 11.4 Å². The van der Waals surface area contributed by atoms with Crippen LogP contribution in [0, 0.1) is 0 Å². The van der Waals surface area contributed by atoms with E-state index in [1.54, 1.807) is 34.8 Å². The van der Waals surface area contributed by atoms with E-state index in [1.807, 2.05) is 123 Å². The predicted molar refractivity (Wildman–Crippen MR) is 174 cm³/mol. The topological polar surface area (TPSA) is 109 Å². The fourth-order valence-electron chi connectivity index (χ4n) is 4.25. The molecule has 0 bridgehead atoms. The van der Waals surface area contributed by atoms with Gasteiger partial charge in [-0.3, -0.25) is 15.0 Å². The molecular weight excluding hydrogens is 548 g/mol. The molecule has 0 aliphatic carbocycles. The molecule has 6 rings (SSSR count). The molecule has 0 aliphatic heterocycles. The second kappa shape index (κ2) is 13.2. The molecule has 214 valence electrons. The molecule has 10 heteroatoms. The maximum absolute atomic E-state index is 4.87. The van der Waals surface area contributed by atoms with Crippen LogP contribution in [-0.4, -0.2) is 56.4 Å². The summed E-state index contributed by atoms with van der Waals surface area (Å²) in [6.45, 7) is 0. The molecule has 0 spiro atoms. The second-order valence-electron chi connectivity index (χ2n) is 9.64. The van der Waals surface area contributed by atoms with E-state index >= 15 is 0 Å². The molecule has 0 unspecified atom stereocenters. The fourth-order valence-corrected chi connectivity index (χ4v) is 4.25. The smallest absolute Gasteiger partial charge is 0.162 e. The highest BCUT2D eigenvalue weighted by molar-refractivity contribution is 5.82. The Kier molecular flexibility index (Phi) is 8.40. The van der Waals surface area contributed by atoms with Gasteiger partial charge < -0.3 is 0 Å². The average molecular weight is 577 g/mol. The van der Waals surface area contributed by atoms with Crippen molar-refractivity contribution in [2.75, 3.05) is 24.1 Å². The predicted octanol–water partition coefficient (Wildman–Crippen LogP) is 6.00. The lowest BCUT2D eigenvalue weighted by Crippen LogP contribution is -2.13. The molecule has 0 aliphatic rings. The zero-order chi connectivity index (χ0) is 30.1. The molecule has 0 N–H and O–H groups in total. The number of pyridine rings is 4. The maximum atomic E-state index is 4.87. The van der Waals surface area contributed by atoms with Gasteiger partial charge in [-0.15, -0.1) is 0 Å². The molecule has 44 heavy (non-hydrogen) atoms. The SMILES string of the molecule is CN(/N=C/c1cccc(/C=N/N(C)c2cc(-c3cccc(-c4ccccn4)n3)nc(-c3ccccc3)n2)n1)c1ccccn1. The van der Waals surface area contributed by atoms with Gasteiger partial charge in [0.2, 0.25) is 0 Å². The number of hydrogen-bond acceptors (Lipinski definition) is 10. The Labute approximate surface area is 255 Å². The van der Waals surface area contributed by atoms with Crippen LogP contribution in [0.2, 0.25) is 0 Å². The minimum absolute atomic E-state index is 0.568. The molecule has 0 amide bonds. The van der Waals surface area contributed by atoms with Crippen LogP contribution in [0.4, 0.5) is 11.6 Å². The molecule has 10 nitrogen and oxygen atoms in total. The highest BCUT2D eigenvalue weighted by Gasteiger charge is 2.13. The van der Waals surface area contributed by atoms with E-state index in [2.05, 4.69) is 25.2 Å². The van der Waals surface area contributed by atoms with Gasteiger partial charge in [0.05, 0.1) is 46.6 Å². The first kappa shape index (κ1) is 28.0. The van der Waals surface area contributed by atoms with E-state index in [0.29, 0.717) is 34.4 Å². The Hall–Kier alpha value is -6.16. The van der Waals surface area contributed by atoms with Gasteiger partial charge in [-0.1, -0.05) is 54.6 Å². The quantitative estimate of drug-likeness (QED) is 0.152. The molecule has 0 radical (unpaired) electrons. The van der Waals surface area contributed by atoms with Crippen LogP contribution in [-0.2, 0) is 0 Å². The minimum Gasteiger partial charge on any atom is -0.255 e. The monoisotopic (exact) mass is 576 g/mol. The Morgan fingerprint density at radius 2 is 1.11 bits per heavy atom. The maximum Gasteiger partial charge on any atom is 0.162 e. The van der Waals surface area contributed by atoms with Crippen molar-refractivity contribution >= 4 is 24.1 Å². The van der Waals surface area contributed by atoms with Crippen LogP contribution >= 0.6 is 0 Å². The summed E-state index contributed by atoms with van der Waals surface area (Å²) >= 11 is 0. The number of aromatic nitrogens is 6. The van der Waals surface area contributed by atoms with Crippen LogP contribution in [0.3, 0.4) is 0 Å². The number of benzene rings is 1. The van der Waals surface area contributed by atoms with Gasteiger partial charge >= 0.3 is 0 Å². The molecule has 1 aromatic carbocycles. The zero-order valence-electron chi connectivity index (χ0n) is 24.2. The van der Waals surface area contributed by atoms with Crippen molar-refractivity contribution in [3.8, 4) is 34.2 Å². The second-order valence-corrected chi connectivity index (χ2v) is 9.64. The van der Waals surface area contributed by atoms with Gasteiger partial charge in [-0.2, -0.15) is 10.2 Å². The Bertz CT molecular complexity index is 1890. The van der Waals surface area contributed by atoms with E-state index < -0.39 is 0 Å². The number of hydrogen-bond donors (Lipinski definition) is 0. The Morgan fingerprint density at radius 1 is 0.500 bits per heavy atom. The molecule has 0 atom stereocenters. The first-order valence-corrected chi connectivity index (χ1v) is 13.9. The van der Waals surface area contributed by atoms with Gasteiger partial charge in [-0.25, -0.2) is 24.9 Å². The molecule has 0 saturated heterocycles. The van der Waals surface area contributed by atoms with Crippen LogP contribution in [0.25, 0.3) is 34.2 Å². The van der Waals surface area contributed by atoms with Gasteiger partial charge in [0, 0.05) is 38.1 Å². The Morgan fingerprint density at radius 3 is 1.80 bits per heavy atom. The van der Waals surface area contributed by atoms with Crippen molar-refractivity contribution in [2.45, 2.75) is 0 Å². The molecule has 5 aromatic heterocycles. The summed E-state index contributed by atoms with van der Waals surface area (Å²) in [5.74, 6) is 1.91. The molecule has 0 fully saturated rings. The Balaban J connectivity index is 1.28. The van der Waals surface area contributed by atoms with E-state index in [-0.39, 0.29) is 0 Å². The standard InChI is InChI=1S/C34H28N10/c1-43(32-19-7-9-21-36-32)37-23-26-14-10-15-27(39-26)24-38-44(2)33-22-31(41-34(42-33)25-12-4-3-5-13-25)30-18-11-17-29(40-30)28-16-6-8-20-35-28/h3-24H,1-2H3/b37-23+,38-24+. The van der Waals surface area contributed by atoms with Crippen molar-refractivity contribution in [3.05, 3.63) is 133 Å². The lowest BCUT2D eigenvalue weighted by atomic mass is 10.1. The molecule has 6 aromatic rings. The van der Waals surface area contributed by atoms with E-state index in [4.69, 9.17) is 15.0 Å². The average Bonchev–Trinajstić information content (AvgIpc) is 3.10. The summed E-state index contributed by atoms with van der Waals surface area (Å²) in [6.07, 6.45) is 6.85. The summed E-state index contributed by atoms with van der Waals surface area (Å²) in [4.78, 5) is 28.0. The third-order valence-electron chi connectivity index (χ3n) is 6.51. The highest BCUT2D eigenvalue weighted by Crippen LogP contribution is 2.26. The number of anilines is 2. The van der Waals surface area contributed by atoms with E-state index in [0.717, 1.165) is 22.8 Å². The van der Waals surface area contributed by atoms with Gasteiger partial charge in [0.1, 0.15) is 5.82 Å². The molecule has 0 saturated carbocycles. The van der Waals surface area contributed by atoms with Crippen LogP contribution in [0.15, 0.2) is 132 Å².